The molecule has 0 saturated carbocycles. The monoisotopic (exact) mass is 279 g/mol. The Morgan fingerprint density at radius 3 is 2.65 bits per heavy atom. The minimum Gasteiger partial charge on any atom is -0.483 e. The van der Waals surface area contributed by atoms with Gasteiger partial charge in [0.2, 0.25) is 0 Å². The summed E-state index contributed by atoms with van der Waals surface area (Å²) in [6, 6.07) is 5.58. The van der Waals surface area contributed by atoms with Crippen LogP contribution in [-0.2, 0) is 4.79 Å². The third-order valence-corrected chi connectivity index (χ3v) is 3.02. The fourth-order valence-corrected chi connectivity index (χ4v) is 1.81. The first-order chi connectivity index (χ1) is 9.40. The number of hydrogen-bond acceptors (Lipinski definition) is 3. The van der Waals surface area contributed by atoms with Gasteiger partial charge in [-0.25, -0.2) is 0 Å². The number of carbonyl (C=O) groups is 1. The molecule has 112 valence electrons. The van der Waals surface area contributed by atoms with Crippen LogP contribution in [0.1, 0.15) is 44.4 Å². The summed E-state index contributed by atoms with van der Waals surface area (Å²) in [7, 11) is 0. The van der Waals surface area contributed by atoms with E-state index in [0.717, 1.165) is 12.0 Å². The maximum Gasteiger partial charge on any atom is 0.257 e. The number of aryl methyl sites for hydroxylation is 1. The number of nitrogens with one attached hydrogen (secondary N) is 1. The van der Waals surface area contributed by atoms with E-state index in [1.165, 1.54) is 0 Å². The highest BCUT2D eigenvalue weighted by atomic mass is 16.5. The highest BCUT2D eigenvalue weighted by Crippen LogP contribution is 2.26. The molecule has 1 aromatic carbocycles. The van der Waals surface area contributed by atoms with Crippen molar-refractivity contribution in [2.24, 2.45) is 5.92 Å². The molecule has 0 fully saturated rings. The second-order valence-corrected chi connectivity index (χ2v) is 5.54. The predicted octanol–water partition coefficient (Wildman–Crippen LogP) is 2.59. The second kappa shape index (κ2) is 7.90. The number of amides is 1. The summed E-state index contributed by atoms with van der Waals surface area (Å²) in [6.07, 6.45) is 0.337. The van der Waals surface area contributed by atoms with Gasteiger partial charge in [-0.15, -0.1) is 0 Å². The summed E-state index contributed by atoms with van der Waals surface area (Å²) in [4.78, 5) is 11.7. The fraction of sp³-hybridized carbons (Fsp3) is 0.562. The molecule has 4 nitrogen and oxygen atoms in total. The summed E-state index contributed by atoms with van der Waals surface area (Å²) >= 11 is 0. The summed E-state index contributed by atoms with van der Waals surface area (Å²) < 4.78 is 5.53. The predicted molar refractivity (Wildman–Crippen MR) is 79.8 cm³/mol. The van der Waals surface area contributed by atoms with E-state index < -0.39 is 6.10 Å². The van der Waals surface area contributed by atoms with Crippen LogP contribution in [0.2, 0.25) is 0 Å². The molecule has 0 saturated heterocycles. The molecular formula is C16H25NO3. The molecule has 0 heterocycles. The van der Waals surface area contributed by atoms with Crippen LogP contribution in [0.4, 0.5) is 0 Å². The Bertz CT molecular complexity index is 441. The van der Waals surface area contributed by atoms with Gasteiger partial charge in [0, 0.05) is 12.1 Å². The molecule has 0 aliphatic carbocycles. The maximum atomic E-state index is 11.7. The normalized spacial score (nSPS) is 12.3. The van der Waals surface area contributed by atoms with Crippen LogP contribution < -0.4 is 10.1 Å². The average Bonchev–Trinajstić information content (AvgIpc) is 2.35. The Hall–Kier alpha value is -1.55. The summed E-state index contributed by atoms with van der Waals surface area (Å²) in [6.45, 7) is 8.49. The lowest BCUT2D eigenvalue weighted by atomic mass is 10.1. The molecule has 0 bridgehead atoms. The van der Waals surface area contributed by atoms with E-state index in [9.17, 15) is 9.90 Å². The minimum absolute atomic E-state index is 0.0265. The van der Waals surface area contributed by atoms with Crippen molar-refractivity contribution in [3.63, 3.8) is 0 Å². The molecule has 4 heteroatoms. The first-order valence-electron chi connectivity index (χ1n) is 7.08. The molecule has 1 atom stereocenters. The highest BCUT2D eigenvalue weighted by Gasteiger charge is 2.11. The van der Waals surface area contributed by atoms with Gasteiger partial charge in [-0.05, 0) is 37.8 Å². The molecule has 0 aromatic heterocycles. The lowest BCUT2D eigenvalue weighted by Crippen LogP contribution is -2.30. The van der Waals surface area contributed by atoms with E-state index in [1.54, 1.807) is 6.92 Å². The first-order valence-corrected chi connectivity index (χ1v) is 7.08. The molecule has 0 aliphatic heterocycles. The van der Waals surface area contributed by atoms with E-state index in [0.29, 0.717) is 23.8 Å². The Labute approximate surface area is 121 Å². The summed E-state index contributed by atoms with van der Waals surface area (Å²) in [5.41, 5.74) is 1.73. The van der Waals surface area contributed by atoms with Crippen molar-refractivity contribution in [2.75, 3.05) is 13.2 Å². The minimum atomic E-state index is -0.616. The zero-order chi connectivity index (χ0) is 15.1. The standard InChI is InChI=1S/C16H25NO3/c1-11(2)7-8-17-16(19)10-20-15-9-12(3)5-6-14(15)13(4)18/h5-6,9,11,13,18H,7-8,10H2,1-4H3,(H,17,19)/t13-/m0/s1. The number of carbonyl (C=O) groups excluding carboxylic acids is 1. The van der Waals surface area contributed by atoms with Crippen molar-refractivity contribution in [1.82, 2.24) is 5.32 Å². The average molecular weight is 279 g/mol. The van der Waals surface area contributed by atoms with E-state index in [1.807, 2.05) is 25.1 Å². The van der Waals surface area contributed by atoms with Gasteiger partial charge in [0.15, 0.2) is 6.61 Å². The van der Waals surface area contributed by atoms with Crippen LogP contribution in [-0.4, -0.2) is 24.2 Å². The van der Waals surface area contributed by atoms with Crippen molar-refractivity contribution < 1.29 is 14.6 Å². The third kappa shape index (κ3) is 5.61. The Morgan fingerprint density at radius 1 is 1.35 bits per heavy atom. The number of benzene rings is 1. The van der Waals surface area contributed by atoms with Crippen molar-refractivity contribution in [3.8, 4) is 5.75 Å². The molecule has 1 aromatic rings. The zero-order valence-corrected chi connectivity index (χ0v) is 12.8. The second-order valence-electron chi connectivity index (χ2n) is 5.54. The van der Waals surface area contributed by atoms with E-state index in [4.69, 9.17) is 4.74 Å². The topological polar surface area (TPSA) is 58.6 Å². The SMILES string of the molecule is Cc1ccc([C@H](C)O)c(OCC(=O)NCCC(C)C)c1. The van der Waals surface area contributed by atoms with E-state index >= 15 is 0 Å². The molecule has 2 N–H and O–H groups in total. The summed E-state index contributed by atoms with van der Waals surface area (Å²) in [5.74, 6) is 0.998. The largest absolute Gasteiger partial charge is 0.483 e. The molecule has 0 radical (unpaired) electrons. The molecule has 0 spiro atoms. The smallest absolute Gasteiger partial charge is 0.257 e. The van der Waals surface area contributed by atoms with Gasteiger partial charge in [-0.1, -0.05) is 26.0 Å². The van der Waals surface area contributed by atoms with Gasteiger partial charge < -0.3 is 15.2 Å². The van der Waals surface area contributed by atoms with Crippen LogP contribution in [0.3, 0.4) is 0 Å². The lowest BCUT2D eigenvalue weighted by molar-refractivity contribution is -0.123. The van der Waals surface area contributed by atoms with Crippen molar-refractivity contribution in [2.45, 2.75) is 40.2 Å². The quantitative estimate of drug-likeness (QED) is 0.806. The maximum absolute atomic E-state index is 11.7. The van der Waals surface area contributed by atoms with Crippen molar-refractivity contribution in [3.05, 3.63) is 29.3 Å². The van der Waals surface area contributed by atoms with Crippen LogP contribution in [0.25, 0.3) is 0 Å². The van der Waals surface area contributed by atoms with Gasteiger partial charge in [0.25, 0.3) is 5.91 Å². The van der Waals surface area contributed by atoms with Gasteiger partial charge in [0.05, 0.1) is 6.10 Å². The van der Waals surface area contributed by atoms with Crippen molar-refractivity contribution in [1.29, 1.82) is 0 Å². The zero-order valence-electron chi connectivity index (χ0n) is 12.8. The lowest BCUT2D eigenvalue weighted by Gasteiger charge is -2.14. The third-order valence-electron chi connectivity index (χ3n) is 3.02. The molecule has 1 rings (SSSR count). The van der Waals surface area contributed by atoms with Crippen LogP contribution >= 0.6 is 0 Å². The molecule has 1 amide bonds. The molecule has 20 heavy (non-hydrogen) atoms. The molecule has 0 aliphatic rings. The first kappa shape index (κ1) is 16.5. The number of ether oxygens (including phenoxy) is 1. The van der Waals surface area contributed by atoms with E-state index in [2.05, 4.69) is 19.2 Å². The van der Waals surface area contributed by atoms with E-state index in [-0.39, 0.29) is 12.5 Å². The summed E-state index contributed by atoms with van der Waals surface area (Å²) in [5, 5.41) is 12.5. The van der Waals surface area contributed by atoms with Gasteiger partial charge in [-0.2, -0.15) is 0 Å². The highest BCUT2D eigenvalue weighted by molar-refractivity contribution is 5.77. The van der Waals surface area contributed by atoms with Crippen LogP contribution in [0.5, 0.6) is 5.75 Å². The number of aliphatic hydroxyl groups is 1. The number of aliphatic hydroxyl groups excluding tert-OH is 1. The van der Waals surface area contributed by atoms with Crippen LogP contribution in [0, 0.1) is 12.8 Å². The van der Waals surface area contributed by atoms with Gasteiger partial charge >= 0.3 is 0 Å². The van der Waals surface area contributed by atoms with Crippen LogP contribution in [0.15, 0.2) is 18.2 Å². The van der Waals surface area contributed by atoms with Gasteiger partial charge in [0.1, 0.15) is 5.75 Å². The molecule has 0 unspecified atom stereocenters. The fourth-order valence-electron chi connectivity index (χ4n) is 1.81. The molecular weight excluding hydrogens is 254 g/mol. The number of rotatable bonds is 7. The Morgan fingerprint density at radius 2 is 2.05 bits per heavy atom. The van der Waals surface area contributed by atoms with Crippen molar-refractivity contribution >= 4 is 5.91 Å². The number of hydrogen-bond donors (Lipinski definition) is 2. The Kier molecular flexibility index (Phi) is 6.52. The van der Waals surface area contributed by atoms with Gasteiger partial charge in [-0.3, -0.25) is 4.79 Å². The Balaban J connectivity index is 2.52.